The number of hydrogen-bond donors (Lipinski definition) is 1. The summed E-state index contributed by atoms with van der Waals surface area (Å²) < 4.78 is 33.7. The summed E-state index contributed by atoms with van der Waals surface area (Å²) in [5, 5.41) is 0. The van der Waals surface area contributed by atoms with Gasteiger partial charge in [-0.25, -0.2) is 13.1 Å². The Hall–Kier alpha value is 0.01000. The van der Waals surface area contributed by atoms with Crippen LogP contribution in [0.3, 0.4) is 0 Å². The van der Waals surface area contributed by atoms with E-state index in [4.69, 9.17) is 4.74 Å². The van der Waals surface area contributed by atoms with Crippen LogP contribution in [0.25, 0.3) is 0 Å². The number of halogens is 2. The molecule has 1 saturated heterocycles. The van der Waals surface area contributed by atoms with Crippen LogP contribution in [0.4, 0.5) is 0 Å². The van der Waals surface area contributed by atoms with Crippen LogP contribution < -0.4 is 4.72 Å². The zero-order valence-corrected chi connectivity index (χ0v) is 14.8. The van der Waals surface area contributed by atoms with Crippen LogP contribution in [-0.4, -0.2) is 52.7 Å². The summed E-state index contributed by atoms with van der Waals surface area (Å²) in [6.45, 7) is 4.21. The van der Waals surface area contributed by atoms with Crippen molar-refractivity contribution in [3.8, 4) is 0 Å². The number of hydrogen-bond acceptors (Lipinski definition) is 4. The molecule has 0 unspecified atom stereocenters. The number of morpholine rings is 1. The van der Waals surface area contributed by atoms with Crippen molar-refractivity contribution < 1.29 is 13.2 Å². The summed E-state index contributed by atoms with van der Waals surface area (Å²) in [5.74, 6) is 0. The first-order chi connectivity index (χ1) is 9.49. The van der Waals surface area contributed by atoms with Crippen molar-refractivity contribution in [3.05, 3.63) is 27.1 Å². The average molecular weight is 428 g/mol. The number of nitrogens with zero attached hydrogens (tertiary/aromatic N) is 1. The van der Waals surface area contributed by atoms with Gasteiger partial charge in [0.05, 0.1) is 18.1 Å². The molecule has 0 amide bonds. The van der Waals surface area contributed by atoms with Crippen LogP contribution in [0, 0.1) is 0 Å². The van der Waals surface area contributed by atoms with E-state index in [1.54, 1.807) is 18.2 Å². The minimum absolute atomic E-state index is 0.252. The van der Waals surface area contributed by atoms with E-state index in [1.807, 2.05) is 0 Å². The SMILES string of the molecule is O=S(=O)(NCCN1CCOCC1)c1ccc(Br)cc1Br. The largest absolute Gasteiger partial charge is 0.379 e. The van der Waals surface area contributed by atoms with E-state index in [-0.39, 0.29) is 4.90 Å². The molecule has 1 aromatic carbocycles. The first-order valence-electron chi connectivity index (χ1n) is 6.24. The molecule has 0 aromatic heterocycles. The lowest BCUT2D eigenvalue weighted by molar-refractivity contribution is 0.0390. The van der Waals surface area contributed by atoms with Gasteiger partial charge in [0.25, 0.3) is 0 Å². The van der Waals surface area contributed by atoms with Crippen molar-refractivity contribution in [2.45, 2.75) is 4.90 Å². The Morgan fingerprint density at radius 1 is 1.25 bits per heavy atom. The van der Waals surface area contributed by atoms with Crippen molar-refractivity contribution >= 4 is 41.9 Å². The minimum atomic E-state index is -3.48. The van der Waals surface area contributed by atoms with E-state index in [0.717, 1.165) is 17.6 Å². The molecule has 5 nitrogen and oxygen atoms in total. The second kappa shape index (κ2) is 7.33. The van der Waals surface area contributed by atoms with E-state index >= 15 is 0 Å². The number of nitrogens with one attached hydrogen (secondary N) is 1. The Balaban J connectivity index is 1.93. The fourth-order valence-electron chi connectivity index (χ4n) is 1.93. The lowest BCUT2D eigenvalue weighted by Crippen LogP contribution is -2.41. The molecule has 0 bridgehead atoms. The number of ether oxygens (including phenoxy) is 1. The predicted octanol–water partition coefficient (Wildman–Crippen LogP) is 1.82. The molecule has 1 N–H and O–H groups in total. The summed E-state index contributed by atoms with van der Waals surface area (Å²) in [7, 11) is -3.48. The van der Waals surface area contributed by atoms with Crippen LogP contribution in [0.2, 0.25) is 0 Å². The molecular formula is C12H16Br2N2O3S. The van der Waals surface area contributed by atoms with Crippen LogP contribution >= 0.6 is 31.9 Å². The van der Waals surface area contributed by atoms with Crippen LogP contribution in [-0.2, 0) is 14.8 Å². The Labute approximate surface area is 136 Å². The van der Waals surface area contributed by atoms with Crippen LogP contribution in [0.1, 0.15) is 0 Å². The highest BCUT2D eigenvalue weighted by Crippen LogP contribution is 2.25. The predicted molar refractivity (Wildman–Crippen MR) is 84.3 cm³/mol. The van der Waals surface area contributed by atoms with Gasteiger partial charge in [-0.2, -0.15) is 0 Å². The fraction of sp³-hybridized carbons (Fsp3) is 0.500. The topological polar surface area (TPSA) is 58.6 Å². The van der Waals surface area contributed by atoms with Gasteiger partial charge in [-0.15, -0.1) is 0 Å². The highest BCUT2D eigenvalue weighted by molar-refractivity contribution is 9.11. The van der Waals surface area contributed by atoms with E-state index in [9.17, 15) is 8.42 Å². The minimum Gasteiger partial charge on any atom is -0.379 e. The van der Waals surface area contributed by atoms with Gasteiger partial charge < -0.3 is 4.74 Å². The third-order valence-electron chi connectivity index (χ3n) is 3.01. The monoisotopic (exact) mass is 426 g/mol. The number of sulfonamides is 1. The molecule has 0 spiro atoms. The van der Waals surface area contributed by atoms with Gasteiger partial charge in [0.2, 0.25) is 10.0 Å². The lowest BCUT2D eigenvalue weighted by Gasteiger charge is -2.26. The average Bonchev–Trinajstić information content (AvgIpc) is 2.39. The van der Waals surface area contributed by atoms with Crippen molar-refractivity contribution in [2.75, 3.05) is 39.4 Å². The molecule has 0 atom stereocenters. The first kappa shape index (κ1) is 16.4. The van der Waals surface area contributed by atoms with E-state index in [0.29, 0.717) is 30.8 Å². The Morgan fingerprint density at radius 2 is 1.95 bits per heavy atom. The number of benzene rings is 1. The third-order valence-corrected chi connectivity index (χ3v) is 5.94. The van der Waals surface area contributed by atoms with E-state index in [1.165, 1.54) is 0 Å². The molecule has 1 aliphatic rings. The summed E-state index contributed by atoms with van der Waals surface area (Å²) >= 11 is 6.58. The molecule has 0 radical (unpaired) electrons. The molecular weight excluding hydrogens is 412 g/mol. The Kier molecular flexibility index (Phi) is 6.00. The molecule has 0 saturated carbocycles. The highest BCUT2D eigenvalue weighted by atomic mass is 79.9. The second-order valence-corrected chi connectivity index (χ2v) is 7.93. The van der Waals surface area contributed by atoms with Gasteiger partial charge in [0, 0.05) is 35.1 Å². The summed E-state index contributed by atoms with van der Waals surface area (Å²) in [6, 6.07) is 5.00. The van der Waals surface area contributed by atoms with Crippen LogP contribution in [0.15, 0.2) is 32.0 Å². The molecule has 1 heterocycles. The van der Waals surface area contributed by atoms with Crippen molar-refractivity contribution in [3.63, 3.8) is 0 Å². The smallest absolute Gasteiger partial charge is 0.241 e. The fourth-order valence-corrected chi connectivity index (χ4v) is 4.70. The molecule has 20 heavy (non-hydrogen) atoms. The van der Waals surface area contributed by atoms with Gasteiger partial charge in [0.15, 0.2) is 0 Å². The van der Waals surface area contributed by atoms with Gasteiger partial charge in [-0.3, -0.25) is 4.90 Å². The van der Waals surface area contributed by atoms with Gasteiger partial charge in [0.1, 0.15) is 0 Å². The van der Waals surface area contributed by atoms with Crippen molar-refractivity contribution in [1.82, 2.24) is 9.62 Å². The number of rotatable bonds is 5. The molecule has 2 rings (SSSR count). The van der Waals surface area contributed by atoms with E-state index < -0.39 is 10.0 Å². The van der Waals surface area contributed by atoms with Crippen molar-refractivity contribution in [1.29, 1.82) is 0 Å². The van der Waals surface area contributed by atoms with Crippen molar-refractivity contribution in [2.24, 2.45) is 0 Å². The molecule has 112 valence electrons. The Bertz CT molecular complexity index is 560. The highest BCUT2D eigenvalue weighted by Gasteiger charge is 2.18. The van der Waals surface area contributed by atoms with E-state index in [2.05, 4.69) is 41.5 Å². The second-order valence-electron chi connectivity index (χ2n) is 4.43. The van der Waals surface area contributed by atoms with Crippen LogP contribution in [0.5, 0.6) is 0 Å². The zero-order chi connectivity index (χ0) is 14.6. The molecule has 1 aliphatic heterocycles. The first-order valence-corrected chi connectivity index (χ1v) is 9.31. The third kappa shape index (κ3) is 4.51. The van der Waals surface area contributed by atoms with Gasteiger partial charge in [-0.1, -0.05) is 15.9 Å². The molecule has 1 aromatic rings. The summed E-state index contributed by atoms with van der Waals surface area (Å²) in [4.78, 5) is 2.44. The molecule has 8 heteroatoms. The van der Waals surface area contributed by atoms with Gasteiger partial charge in [-0.05, 0) is 34.1 Å². The maximum absolute atomic E-state index is 12.2. The normalized spacial score (nSPS) is 17.3. The maximum atomic E-state index is 12.2. The molecule has 1 fully saturated rings. The standard InChI is InChI=1S/C12H16Br2N2O3S/c13-10-1-2-12(11(14)9-10)20(17,18)15-3-4-16-5-7-19-8-6-16/h1-2,9,15H,3-8H2. The quantitative estimate of drug-likeness (QED) is 0.778. The Morgan fingerprint density at radius 3 is 2.60 bits per heavy atom. The summed E-state index contributed by atoms with van der Waals surface area (Å²) in [6.07, 6.45) is 0. The lowest BCUT2D eigenvalue weighted by atomic mass is 10.4. The maximum Gasteiger partial charge on any atom is 0.241 e. The molecule has 0 aliphatic carbocycles. The zero-order valence-electron chi connectivity index (χ0n) is 10.8. The van der Waals surface area contributed by atoms with Gasteiger partial charge >= 0.3 is 0 Å². The summed E-state index contributed by atoms with van der Waals surface area (Å²) in [5.41, 5.74) is 0.